The van der Waals surface area contributed by atoms with Gasteiger partial charge < -0.3 is 5.32 Å². The number of hydrogen-bond donors (Lipinski definition) is 0. The van der Waals surface area contributed by atoms with Crippen LogP contribution in [0, 0.1) is 41.5 Å². The van der Waals surface area contributed by atoms with E-state index in [1.165, 1.54) is 16.7 Å². The van der Waals surface area contributed by atoms with Crippen LogP contribution in [0.5, 0.6) is 0 Å². The van der Waals surface area contributed by atoms with Crippen LogP contribution in [0.15, 0.2) is 115 Å². The Morgan fingerprint density at radius 2 is 1.00 bits per heavy atom. The van der Waals surface area contributed by atoms with Crippen molar-refractivity contribution in [3.63, 3.8) is 0 Å². The smallest absolute Gasteiger partial charge is 0.0505 e. The van der Waals surface area contributed by atoms with Gasteiger partial charge in [0.1, 0.15) is 0 Å². The molecule has 0 N–H and O–H groups in total. The third-order valence-corrected chi connectivity index (χ3v) is 5.90. The van der Waals surface area contributed by atoms with Crippen molar-refractivity contribution < 1.29 is 25.8 Å². The number of aromatic nitrogens is 2. The predicted molar refractivity (Wildman–Crippen MR) is 173 cm³/mol. The summed E-state index contributed by atoms with van der Waals surface area (Å²) < 4.78 is 1.82. The normalized spacial score (nSPS) is 9.80. The maximum atomic E-state index is 4.94. The Labute approximate surface area is 267 Å². The molecule has 214 valence electrons. The van der Waals surface area contributed by atoms with E-state index in [2.05, 4.69) is 72.6 Å². The zero-order chi connectivity index (χ0) is 29.5. The molecule has 0 amide bonds. The summed E-state index contributed by atoms with van der Waals surface area (Å²) in [5.41, 5.74) is 8.71. The Morgan fingerprint density at radius 1 is 0.634 bits per heavy atom. The fourth-order valence-corrected chi connectivity index (χ4v) is 3.86. The van der Waals surface area contributed by atoms with E-state index in [-0.39, 0.29) is 31.4 Å². The molecule has 0 saturated heterocycles. The van der Waals surface area contributed by atoms with E-state index in [1.807, 2.05) is 115 Å². The second-order valence-corrected chi connectivity index (χ2v) is 10.2. The van der Waals surface area contributed by atoms with E-state index in [9.17, 15) is 0 Å². The third-order valence-electron chi connectivity index (χ3n) is 5.90. The van der Waals surface area contributed by atoms with Gasteiger partial charge in [-0.05, 0) is 26.8 Å². The molecule has 0 bridgehead atoms. The summed E-state index contributed by atoms with van der Waals surface area (Å²) >= 11 is 0. The van der Waals surface area contributed by atoms with Crippen molar-refractivity contribution in [3.8, 4) is 0 Å². The first kappa shape index (κ1) is 35.4. The summed E-state index contributed by atoms with van der Waals surface area (Å²) in [6.45, 7) is 21.7. The maximum Gasteiger partial charge on any atom is 0.0505 e. The van der Waals surface area contributed by atoms with Gasteiger partial charge >= 0.3 is 0 Å². The van der Waals surface area contributed by atoms with Gasteiger partial charge in [-0.3, -0.25) is 4.68 Å². The van der Waals surface area contributed by atoms with Crippen LogP contribution in [0.25, 0.3) is 5.32 Å². The molecule has 0 saturated carbocycles. The van der Waals surface area contributed by atoms with Crippen LogP contribution in [-0.4, -0.2) is 9.78 Å². The zero-order valence-corrected chi connectivity index (χ0v) is 29.0. The topological polar surface area (TPSA) is 31.9 Å². The van der Waals surface area contributed by atoms with Crippen molar-refractivity contribution in [1.82, 2.24) is 9.78 Å². The predicted octanol–water partition coefficient (Wildman–Crippen LogP) is 9.89. The maximum absolute atomic E-state index is 4.94. The van der Waals surface area contributed by atoms with Crippen LogP contribution in [0.3, 0.4) is 0 Å². The van der Waals surface area contributed by atoms with Crippen molar-refractivity contribution in [2.45, 2.75) is 40.2 Å². The SMILES string of the molecule is Cc1cc(C)c([N-]C(C)(C)c2ccn(C)n2)c(C)c1.[CH2-]c1ccccc1.[CH2-]c1ccccc1.[CH2-]c1ccccc1.[Hf]. The summed E-state index contributed by atoms with van der Waals surface area (Å²) in [4.78, 5) is 0. The molecule has 0 aliphatic carbocycles. The van der Waals surface area contributed by atoms with Crippen molar-refractivity contribution in [2.75, 3.05) is 0 Å². The Kier molecular flexibility index (Phi) is 15.5. The van der Waals surface area contributed by atoms with E-state index in [4.69, 9.17) is 5.32 Å². The van der Waals surface area contributed by atoms with Crippen LogP contribution >= 0.6 is 0 Å². The van der Waals surface area contributed by atoms with E-state index >= 15 is 0 Å². The minimum Gasteiger partial charge on any atom is -0.674 e. The average molecular weight is 708 g/mol. The summed E-state index contributed by atoms with van der Waals surface area (Å²) in [6, 6.07) is 36.0. The number of rotatable bonds is 3. The van der Waals surface area contributed by atoms with E-state index in [0.717, 1.165) is 28.1 Å². The molecule has 3 nitrogen and oxygen atoms in total. The van der Waals surface area contributed by atoms with Crippen molar-refractivity contribution in [2.24, 2.45) is 7.05 Å². The van der Waals surface area contributed by atoms with Crippen LogP contribution in [-0.2, 0) is 38.4 Å². The fourth-order valence-electron chi connectivity index (χ4n) is 3.86. The Balaban J connectivity index is 0.000000313. The van der Waals surface area contributed by atoms with Gasteiger partial charge in [-0.25, -0.2) is 0 Å². The molecular weight excluding hydrogens is 665 g/mol. The molecular formula is C37H43HfN3-4. The molecule has 41 heavy (non-hydrogen) atoms. The standard InChI is InChI=1S/C16H22N3.3C7H7.Hf/c1-11-9-12(2)15(13(3)10-11)17-16(4,5)14-7-8-19(6)18-14;3*1-7-5-3-2-4-6-7;/h7-10H,1-6H3;3*2-6H,1H2;/q4*-1;. The average Bonchev–Trinajstić information content (AvgIpc) is 3.36. The van der Waals surface area contributed by atoms with Gasteiger partial charge in [0, 0.05) is 39.1 Å². The van der Waals surface area contributed by atoms with Crippen LogP contribution in [0.2, 0.25) is 0 Å². The molecule has 1 heterocycles. The molecule has 0 atom stereocenters. The van der Waals surface area contributed by atoms with Crippen LogP contribution in [0.4, 0.5) is 5.69 Å². The van der Waals surface area contributed by atoms with Gasteiger partial charge in [0.25, 0.3) is 0 Å². The van der Waals surface area contributed by atoms with Crippen LogP contribution < -0.4 is 0 Å². The van der Waals surface area contributed by atoms with E-state index in [1.54, 1.807) is 0 Å². The first-order valence-electron chi connectivity index (χ1n) is 13.4. The number of benzene rings is 4. The number of nitrogens with zero attached hydrogens (tertiary/aromatic N) is 3. The van der Waals surface area contributed by atoms with Crippen LogP contribution in [0.1, 0.15) is 52.9 Å². The molecule has 5 aromatic rings. The summed E-state index contributed by atoms with van der Waals surface area (Å²) in [5, 5.41) is 9.42. The monoisotopic (exact) mass is 709 g/mol. The second kappa shape index (κ2) is 17.9. The summed E-state index contributed by atoms with van der Waals surface area (Å²) in [5.74, 6) is 0. The van der Waals surface area contributed by atoms with Crippen molar-refractivity contribution >= 4 is 5.69 Å². The largest absolute Gasteiger partial charge is 0.674 e. The molecule has 0 aliphatic rings. The van der Waals surface area contributed by atoms with Gasteiger partial charge in [-0.2, -0.15) is 79.0 Å². The quantitative estimate of drug-likeness (QED) is 0.136. The van der Waals surface area contributed by atoms with E-state index < -0.39 is 0 Å². The first-order chi connectivity index (χ1) is 19.0. The number of aryl methyl sites for hydroxylation is 4. The minimum absolute atomic E-state index is 0. The third kappa shape index (κ3) is 13.5. The van der Waals surface area contributed by atoms with Gasteiger partial charge in [0.2, 0.25) is 0 Å². The molecule has 0 radical (unpaired) electrons. The Hall–Kier alpha value is -3.63. The molecule has 0 spiro atoms. The van der Waals surface area contributed by atoms with Gasteiger partial charge in [0.15, 0.2) is 0 Å². The van der Waals surface area contributed by atoms with Gasteiger partial charge in [0.05, 0.1) is 5.69 Å². The molecule has 0 fully saturated rings. The minimum atomic E-state index is -0.313. The van der Waals surface area contributed by atoms with Crippen molar-refractivity contribution in [3.05, 3.63) is 181 Å². The summed E-state index contributed by atoms with van der Waals surface area (Å²) in [6.07, 6.45) is 1.96. The summed E-state index contributed by atoms with van der Waals surface area (Å²) in [7, 11) is 1.93. The first-order valence-corrected chi connectivity index (χ1v) is 13.4. The molecule has 4 heteroatoms. The van der Waals surface area contributed by atoms with E-state index in [0.29, 0.717) is 0 Å². The molecule has 4 aromatic carbocycles. The second-order valence-electron chi connectivity index (χ2n) is 10.2. The fraction of sp³-hybridized carbons (Fsp3) is 0.189. The van der Waals surface area contributed by atoms with Gasteiger partial charge in [-0.15, -0.1) is 42.1 Å². The number of hydrogen-bond acceptors (Lipinski definition) is 1. The van der Waals surface area contributed by atoms with Crippen molar-refractivity contribution in [1.29, 1.82) is 0 Å². The Bertz CT molecular complexity index is 1280. The molecule has 0 unspecified atom stereocenters. The molecule has 0 aliphatic heterocycles. The molecule has 5 rings (SSSR count). The van der Waals surface area contributed by atoms with Gasteiger partial charge in [-0.1, -0.05) is 66.4 Å². The zero-order valence-electron chi connectivity index (χ0n) is 25.4. The Morgan fingerprint density at radius 3 is 1.27 bits per heavy atom. The molecule has 1 aromatic heterocycles.